The van der Waals surface area contributed by atoms with Crippen molar-refractivity contribution < 1.29 is 23.5 Å². The van der Waals surface area contributed by atoms with Crippen LogP contribution in [-0.2, 0) is 25.7 Å². The summed E-state index contributed by atoms with van der Waals surface area (Å²) >= 11 is 0. The molecular weight excluding hydrogens is 236 g/mol. The Labute approximate surface area is 104 Å². The fraction of sp³-hybridized carbons (Fsp3) is 0.308. The maximum Gasteiger partial charge on any atom is 0.303 e. The molecule has 0 fully saturated rings. The highest BCUT2D eigenvalue weighted by Gasteiger charge is 2.13. The summed E-state index contributed by atoms with van der Waals surface area (Å²) < 4.78 is 10.1. The lowest BCUT2D eigenvalue weighted by molar-refractivity contribution is -0.142. The fourth-order valence-corrected chi connectivity index (χ4v) is 1.32. The zero-order chi connectivity index (χ0) is 13.7. The zero-order valence-electron chi connectivity index (χ0n) is 10.5. The van der Waals surface area contributed by atoms with Crippen LogP contribution in [0.1, 0.15) is 32.3 Å². The van der Waals surface area contributed by atoms with E-state index in [2.05, 4.69) is 0 Å². The van der Waals surface area contributed by atoms with E-state index in [-0.39, 0.29) is 23.7 Å². The standard InChI is InChI=1S/C13H14O5/c1-8(14)6-12(9(2)15)13-5-4-11(18-13)7-17-10(3)16/h4-6H,7H2,1-3H3/b12-6+. The third-order valence-electron chi connectivity index (χ3n) is 2.07. The van der Waals surface area contributed by atoms with E-state index in [1.165, 1.54) is 26.8 Å². The zero-order valence-corrected chi connectivity index (χ0v) is 10.5. The Kier molecular flexibility index (Phi) is 4.59. The van der Waals surface area contributed by atoms with E-state index >= 15 is 0 Å². The minimum Gasteiger partial charge on any atom is -0.458 e. The van der Waals surface area contributed by atoms with Crippen LogP contribution in [0.25, 0.3) is 5.57 Å². The molecule has 0 N–H and O–H groups in total. The molecule has 0 atom stereocenters. The maximum atomic E-state index is 11.4. The predicted octanol–water partition coefficient (Wildman–Crippen LogP) is 1.90. The molecule has 0 aromatic carbocycles. The number of ketones is 2. The van der Waals surface area contributed by atoms with Gasteiger partial charge in [0.1, 0.15) is 18.1 Å². The van der Waals surface area contributed by atoms with Crippen molar-refractivity contribution in [3.05, 3.63) is 29.7 Å². The van der Waals surface area contributed by atoms with Crippen LogP contribution in [0.3, 0.4) is 0 Å². The number of ether oxygens (including phenoxy) is 1. The molecule has 0 saturated carbocycles. The second-order valence-electron chi connectivity index (χ2n) is 3.77. The van der Waals surface area contributed by atoms with Gasteiger partial charge in [-0.25, -0.2) is 0 Å². The molecule has 0 spiro atoms. The molecule has 5 heteroatoms. The smallest absolute Gasteiger partial charge is 0.303 e. The van der Waals surface area contributed by atoms with Crippen LogP contribution in [0.5, 0.6) is 0 Å². The highest BCUT2D eigenvalue weighted by Crippen LogP contribution is 2.19. The van der Waals surface area contributed by atoms with Crippen LogP contribution in [0.2, 0.25) is 0 Å². The second kappa shape index (κ2) is 5.95. The van der Waals surface area contributed by atoms with E-state index in [0.717, 1.165) is 0 Å². The molecule has 0 aliphatic rings. The molecular formula is C13H14O5. The molecule has 1 rings (SSSR count). The SMILES string of the molecule is CC(=O)/C=C(\C(C)=O)c1ccc(COC(C)=O)o1. The first kappa shape index (κ1) is 13.9. The highest BCUT2D eigenvalue weighted by molar-refractivity contribution is 6.22. The number of Topliss-reactive ketones (excluding diaryl/α,β-unsaturated/α-hetero) is 1. The van der Waals surface area contributed by atoms with E-state index in [1.807, 2.05) is 0 Å². The quantitative estimate of drug-likeness (QED) is 0.589. The van der Waals surface area contributed by atoms with Crippen molar-refractivity contribution in [2.45, 2.75) is 27.4 Å². The number of esters is 1. The first-order valence-electron chi connectivity index (χ1n) is 5.36. The van der Waals surface area contributed by atoms with Gasteiger partial charge in [0.15, 0.2) is 11.6 Å². The van der Waals surface area contributed by atoms with Crippen molar-refractivity contribution in [1.29, 1.82) is 0 Å². The lowest BCUT2D eigenvalue weighted by atomic mass is 10.1. The van der Waals surface area contributed by atoms with Gasteiger partial charge in [-0.2, -0.15) is 0 Å². The van der Waals surface area contributed by atoms with Gasteiger partial charge in [0.25, 0.3) is 0 Å². The molecule has 0 bridgehead atoms. The van der Waals surface area contributed by atoms with Gasteiger partial charge in [-0.05, 0) is 32.1 Å². The van der Waals surface area contributed by atoms with Crippen molar-refractivity contribution in [1.82, 2.24) is 0 Å². The van der Waals surface area contributed by atoms with E-state index in [4.69, 9.17) is 9.15 Å². The third-order valence-corrected chi connectivity index (χ3v) is 2.07. The molecule has 0 radical (unpaired) electrons. The molecule has 18 heavy (non-hydrogen) atoms. The van der Waals surface area contributed by atoms with Crippen LogP contribution >= 0.6 is 0 Å². The topological polar surface area (TPSA) is 73.6 Å². The van der Waals surface area contributed by atoms with Crippen LogP contribution in [0.4, 0.5) is 0 Å². The molecule has 1 aromatic rings. The number of allylic oxidation sites excluding steroid dienone is 2. The summed E-state index contributed by atoms with van der Waals surface area (Å²) in [7, 11) is 0. The molecule has 0 amide bonds. The average Bonchev–Trinajstić information content (AvgIpc) is 2.70. The van der Waals surface area contributed by atoms with Crippen molar-refractivity contribution >= 4 is 23.1 Å². The van der Waals surface area contributed by atoms with E-state index in [0.29, 0.717) is 11.5 Å². The van der Waals surface area contributed by atoms with E-state index < -0.39 is 5.97 Å². The molecule has 0 unspecified atom stereocenters. The van der Waals surface area contributed by atoms with Gasteiger partial charge < -0.3 is 9.15 Å². The van der Waals surface area contributed by atoms with Crippen molar-refractivity contribution in [2.75, 3.05) is 0 Å². The van der Waals surface area contributed by atoms with Gasteiger partial charge in [-0.15, -0.1) is 0 Å². The van der Waals surface area contributed by atoms with Gasteiger partial charge >= 0.3 is 5.97 Å². The molecule has 0 aliphatic heterocycles. The monoisotopic (exact) mass is 250 g/mol. The number of carbonyl (C=O) groups excluding carboxylic acids is 3. The summed E-state index contributed by atoms with van der Waals surface area (Å²) in [5.41, 5.74) is 0.205. The van der Waals surface area contributed by atoms with Crippen LogP contribution in [0, 0.1) is 0 Å². The molecule has 5 nitrogen and oxygen atoms in total. The number of carbonyl (C=O) groups is 3. The maximum absolute atomic E-state index is 11.4. The van der Waals surface area contributed by atoms with Crippen molar-refractivity contribution in [3.63, 3.8) is 0 Å². The molecule has 1 aromatic heterocycles. The largest absolute Gasteiger partial charge is 0.458 e. The van der Waals surface area contributed by atoms with Gasteiger partial charge in [-0.3, -0.25) is 14.4 Å². The molecule has 0 aliphatic carbocycles. The Balaban J connectivity index is 2.92. The van der Waals surface area contributed by atoms with Gasteiger partial charge in [-0.1, -0.05) is 0 Å². The number of rotatable bonds is 5. The van der Waals surface area contributed by atoms with Crippen molar-refractivity contribution in [3.8, 4) is 0 Å². The van der Waals surface area contributed by atoms with Crippen LogP contribution in [-0.4, -0.2) is 17.5 Å². The number of hydrogen-bond acceptors (Lipinski definition) is 5. The Morgan fingerprint density at radius 3 is 2.39 bits per heavy atom. The Hall–Kier alpha value is -2.17. The van der Waals surface area contributed by atoms with E-state index in [9.17, 15) is 14.4 Å². The summed E-state index contributed by atoms with van der Waals surface area (Å²) in [6.07, 6.45) is 1.22. The normalized spacial score (nSPS) is 11.2. The van der Waals surface area contributed by atoms with Gasteiger partial charge in [0.2, 0.25) is 0 Å². The Bertz CT molecular complexity index is 507. The van der Waals surface area contributed by atoms with Gasteiger partial charge in [0, 0.05) is 6.92 Å². The molecule has 1 heterocycles. The Morgan fingerprint density at radius 1 is 1.22 bits per heavy atom. The summed E-state index contributed by atoms with van der Waals surface area (Å²) in [6, 6.07) is 3.16. The molecule has 0 saturated heterocycles. The first-order valence-corrected chi connectivity index (χ1v) is 5.36. The summed E-state index contributed by atoms with van der Waals surface area (Å²) in [5, 5.41) is 0. The van der Waals surface area contributed by atoms with E-state index in [1.54, 1.807) is 12.1 Å². The lowest BCUT2D eigenvalue weighted by Crippen LogP contribution is -1.99. The average molecular weight is 250 g/mol. The van der Waals surface area contributed by atoms with Crippen molar-refractivity contribution in [2.24, 2.45) is 0 Å². The Morgan fingerprint density at radius 2 is 1.89 bits per heavy atom. The van der Waals surface area contributed by atoms with Crippen LogP contribution in [0.15, 0.2) is 22.6 Å². The number of hydrogen-bond donors (Lipinski definition) is 0. The first-order chi connectivity index (χ1) is 8.40. The second-order valence-corrected chi connectivity index (χ2v) is 3.77. The minimum atomic E-state index is -0.418. The summed E-state index contributed by atoms with van der Waals surface area (Å²) in [6.45, 7) is 4.00. The van der Waals surface area contributed by atoms with Crippen LogP contribution < -0.4 is 0 Å². The highest BCUT2D eigenvalue weighted by atomic mass is 16.5. The lowest BCUT2D eigenvalue weighted by Gasteiger charge is -2.00. The number of furan rings is 1. The summed E-state index contributed by atoms with van der Waals surface area (Å²) in [5.74, 6) is -0.216. The third kappa shape index (κ3) is 4.01. The predicted molar refractivity (Wildman–Crippen MR) is 63.5 cm³/mol. The van der Waals surface area contributed by atoms with Gasteiger partial charge in [0.05, 0.1) is 5.57 Å². The fourth-order valence-electron chi connectivity index (χ4n) is 1.32. The molecule has 96 valence electrons. The summed E-state index contributed by atoms with van der Waals surface area (Å²) in [4.78, 5) is 33.0. The minimum absolute atomic E-state index is 0.000585.